The first-order chi connectivity index (χ1) is 16.7. The third-order valence-electron chi connectivity index (χ3n) is 6.15. The number of benzene rings is 2. The Morgan fingerprint density at radius 3 is 2.29 bits per heavy atom. The normalized spacial score (nSPS) is 17.6. The molecule has 0 radical (unpaired) electrons. The zero-order valence-electron chi connectivity index (χ0n) is 20.5. The van der Waals surface area contributed by atoms with Crippen LogP contribution in [0.15, 0.2) is 78.6 Å². The monoisotopic (exact) mass is 470 g/mol. The van der Waals surface area contributed by atoms with E-state index in [-0.39, 0.29) is 23.3 Å². The van der Waals surface area contributed by atoms with E-state index in [4.69, 9.17) is 4.74 Å². The van der Waals surface area contributed by atoms with E-state index >= 15 is 0 Å². The van der Waals surface area contributed by atoms with Gasteiger partial charge in [-0.25, -0.2) is 0 Å². The molecule has 1 aromatic heterocycles. The SMILES string of the molecule is CCOc1ccc(C(O)=C2C(=O)C(=O)N(Cc3cccnc3)[C@@H]2c2ccc(C(C)(C)C)cc2)cc1. The number of likely N-dealkylation sites (tertiary alicyclic amines) is 1. The largest absolute Gasteiger partial charge is 0.507 e. The average molecular weight is 471 g/mol. The summed E-state index contributed by atoms with van der Waals surface area (Å²) in [4.78, 5) is 32.1. The number of ketones is 1. The van der Waals surface area contributed by atoms with Gasteiger partial charge in [0.2, 0.25) is 0 Å². The van der Waals surface area contributed by atoms with E-state index < -0.39 is 17.7 Å². The minimum Gasteiger partial charge on any atom is -0.507 e. The van der Waals surface area contributed by atoms with Crippen LogP contribution >= 0.6 is 0 Å². The molecule has 0 unspecified atom stereocenters. The lowest BCUT2D eigenvalue weighted by atomic mass is 9.85. The highest BCUT2D eigenvalue weighted by molar-refractivity contribution is 6.46. The molecule has 3 aromatic rings. The van der Waals surface area contributed by atoms with E-state index in [1.54, 1.807) is 42.7 Å². The third kappa shape index (κ3) is 4.97. The van der Waals surface area contributed by atoms with E-state index in [9.17, 15) is 14.7 Å². The molecule has 1 fully saturated rings. The summed E-state index contributed by atoms with van der Waals surface area (Å²) in [5.74, 6) is -0.892. The van der Waals surface area contributed by atoms with E-state index in [1.807, 2.05) is 37.3 Å². The highest BCUT2D eigenvalue weighted by atomic mass is 16.5. The van der Waals surface area contributed by atoms with Crippen molar-refractivity contribution >= 4 is 17.4 Å². The zero-order valence-corrected chi connectivity index (χ0v) is 20.5. The molecule has 4 rings (SSSR count). The number of hydrogen-bond donors (Lipinski definition) is 1. The molecule has 6 nitrogen and oxygen atoms in total. The number of ether oxygens (including phenoxy) is 1. The smallest absolute Gasteiger partial charge is 0.295 e. The van der Waals surface area contributed by atoms with Crippen LogP contribution in [0.3, 0.4) is 0 Å². The summed E-state index contributed by atoms with van der Waals surface area (Å²) in [6.45, 7) is 9.00. The Bertz CT molecular complexity index is 1240. The van der Waals surface area contributed by atoms with Crippen molar-refractivity contribution in [2.45, 2.75) is 45.7 Å². The van der Waals surface area contributed by atoms with Crippen LogP contribution in [0, 0.1) is 0 Å². The van der Waals surface area contributed by atoms with Crippen molar-refractivity contribution in [2.24, 2.45) is 0 Å². The van der Waals surface area contributed by atoms with Gasteiger partial charge in [0.1, 0.15) is 11.5 Å². The van der Waals surface area contributed by atoms with Gasteiger partial charge in [-0.05, 0) is 59.4 Å². The first-order valence-electron chi connectivity index (χ1n) is 11.7. The standard InChI is InChI=1S/C29H30N2O4/c1-5-35-23-14-10-21(11-15-23)26(32)24-25(20-8-12-22(13-9-20)29(2,3)4)31(28(34)27(24)33)18-19-7-6-16-30-17-19/h6-17,25,32H,5,18H2,1-4H3/t25-/m1/s1. The average Bonchev–Trinajstić information content (AvgIpc) is 3.09. The number of rotatable bonds is 6. The fourth-order valence-corrected chi connectivity index (χ4v) is 4.27. The molecule has 1 amide bonds. The van der Waals surface area contributed by atoms with Gasteiger partial charge in [-0.1, -0.05) is 51.1 Å². The van der Waals surface area contributed by atoms with Crippen LogP contribution in [0.4, 0.5) is 0 Å². The van der Waals surface area contributed by atoms with Crippen molar-refractivity contribution < 1.29 is 19.4 Å². The van der Waals surface area contributed by atoms with Gasteiger partial charge in [0, 0.05) is 24.5 Å². The minimum absolute atomic E-state index is 0.0433. The highest BCUT2D eigenvalue weighted by Gasteiger charge is 2.46. The Morgan fingerprint density at radius 1 is 1.03 bits per heavy atom. The van der Waals surface area contributed by atoms with Crippen LogP contribution in [0.1, 0.15) is 56.0 Å². The molecule has 1 atom stereocenters. The lowest BCUT2D eigenvalue weighted by Crippen LogP contribution is -2.29. The van der Waals surface area contributed by atoms with Crippen LogP contribution < -0.4 is 4.74 Å². The molecule has 0 bridgehead atoms. The second kappa shape index (κ2) is 9.74. The lowest BCUT2D eigenvalue weighted by Gasteiger charge is -2.26. The predicted molar refractivity (Wildman–Crippen MR) is 135 cm³/mol. The molecular weight excluding hydrogens is 440 g/mol. The molecule has 35 heavy (non-hydrogen) atoms. The zero-order chi connectivity index (χ0) is 25.2. The number of carbonyl (C=O) groups excluding carboxylic acids is 2. The number of nitrogens with zero attached hydrogens (tertiary/aromatic N) is 2. The molecular formula is C29H30N2O4. The summed E-state index contributed by atoms with van der Waals surface area (Å²) in [6, 6.07) is 17.6. The van der Waals surface area contributed by atoms with E-state index in [1.165, 1.54) is 4.90 Å². The summed E-state index contributed by atoms with van der Waals surface area (Å²) in [7, 11) is 0. The van der Waals surface area contributed by atoms with E-state index in [0.29, 0.717) is 17.9 Å². The van der Waals surface area contributed by atoms with Gasteiger partial charge in [0.15, 0.2) is 0 Å². The Hall–Kier alpha value is -3.93. The minimum atomic E-state index is -0.726. The van der Waals surface area contributed by atoms with Crippen molar-refractivity contribution in [3.05, 3.63) is 101 Å². The van der Waals surface area contributed by atoms with Crippen LogP contribution in [-0.4, -0.2) is 33.3 Å². The third-order valence-corrected chi connectivity index (χ3v) is 6.15. The van der Waals surface area contributed by atoms with Crippen LogP contribution in [0.25, 0.3) is 5.76 Å². The maximum absolute atomic E-state index is 13.3. The Kier molecular flexibility index (Phi) is 6.74. The van der Waals surface area contributed by atoms with Gasteiger partial charge in [-0.3, -0.25) is 14.6 Å². The number of hydrogen-bond acceptors (Lipinski definition) is 5. The Morgan fingerprint density at radius 2 is 1.71 bits per heavy atom. The molecule has 180 valence electrons. The molecule has 2 aromatic carbocycles. The lowest BCUT2D eigenvalue weighted by molar-refractivity contribution is -0.140. The van der Waals surface area contributed by atoms with Gasteiger partial charge in [0.25, 0.3) is 11.7 Å². The van der Waals surface area contributed by atoms with E-state index in [2.05, 4.69) is 25.8 Å². The van der Waals surface area contributed by atoms with Gasteiger partial charge in [-0.15, -0.1) is 0 Å². The number of carbonyl (C=O) groups is 2. The number of aliphatic hydroxyl groups is 1. The first-order valence-corrected chi connectivity index (χ1v) is 11.7. The predicted octanol–water partition coefficient (Wildman–Crippen LogP) is 5.40. The number of amides is 1. The highest BCUT2D eigenvalue weighted by Crippen LogP contribution is 2.41. The molecule has 1 aliphatic heterocycles. The second-order valence-corrected chi connectivity index (χ2v) is 9.62. The fraction of sp³-hybridized carbons (Fsp3) is 0.276. The van der Waals surface area contributed by atoms with Crippen molar-refractivity contribution in [1.82, 2.24) is 9.88 Å². The van der Waals surface area contributed by atoms with Crippen molar-refractivity contribution in [2.75, 3.05) is 6.61 Å². The van der Waals surface area contributed by atoms with Crippen LogP contribution in [0.2, 0.25) is 0 Å². The van der Waals surface area contributed by atoms with Gasteiger partial charge in [0.05, 0.1) is 18.2 Å². The maximum Gasteiger partial charge on any atom is 0.295 e. The molecule has 2 heterocycles. The van der Waals surface area contributed by atoms with Crippen molar-refractivity contribution in [1.29, 1.82) is 0 Å². The topological polar surface area (TPSA) is 79.7 Å². The molecule has 1 aliphatic rings. The number of Topliss-reactive ketones (excluding diaryl/α,β-unsaturated/α-hetero) is 1. The fourth-order valence-electron chi connectivity index (χ4n) is 4.27. The Balaban J connectivity index is 1.82. The molecule has 1 N–H and O–H groups in total. The summed E-state index contributed by atoms with van der Waals surface area (Å²) in [6.07, 6.45) is 3.33. The number of aromatic nitrogens is 1. The first kappa shape index (κ1) is 24.2. The number of aliphatic hydroxyl groups excluding tert-OH is 1. The second-order valence-electron chi connectivity index (χ2n) is 9.62. The van der Waals surface area contributed by atoms with Crippen molar-refractivity contribution in [3.8, 4) is 5.75 Å². The number of pyridine rings is 1. The maximum atomic E-state index is 13.3. The molecule has 0 aliphatic carbocycles. The van der Waals surface area contributed by atoms with Gasteiger partial charge in [-0.2, -0.15) is 0 Å². The molecule has 0 saturated carbocycles. The van der Waals surface area contributed by atoms with Gasteiger partial charge < -0.3 is 14.7 Å². The van der Waals surface area contributed by atoms with E-state index in [0.717, 1.165) is 16.7 Å². The van der Waals surface area contributed by atoms with Crippen LogP contribution in [0.5, 0.6) is 5.75 Å². The van der Waals surface area contributed by atoms with Crippen molar-refractivity contribution in [3.63, 3.8) is 0 Å². The van der Waals surface area contributed by atoms with Gasteiger partial charge >= 0.3 is 0 Å². The molecule has 6 heteroatoms. The summed E-state index contributed by atoms with van der Waals surface area (Å²) in [5.41, 5.74) is 3.17. The van der Waals surface area contributed by atoms with Crippen LogP contribution in [-0.2, 0) is 21.5 Å². The molecule has 0 spiro atoms. The summed E-state index contributed by atoms with van der Waals surface area (Å²) >= 11 is 0. The Labute approximate surface area is 205 Å². The molecule has 1 saturated heterocycles. The quantitative estimate of drug-likeness (QED) is 0.296. The summed E-state index contributed by atoms with van der Waals surface area (Å²) < 4.78 is 5.48. The summed E-state index contributed by atoms with van der Waals surface area (Å²) in [5, 5.41) is 11.3.